The predicted molar refractivity (Wildman–Crippen MR) is 117 cm³/mol. The van der Waals surface area contributed by atoms with E-state index in [2.05, 4.69) is 5.32 Å². The van der Waals surface area contributed by atoms with Crippen LogP contribution in [0.2, 0.25) is 0 Å². The van der Waals surface area contributed by atoms with Gasteiger partial charge in [-0.2, -0.15) is 0 Å². The molecule has 8 nitrogen and oxygen atoms in total. The number of carbonyl (C=O) groups excluding carboxylic acids is 2. The first-order chi connectivity index (χ1) is 14.7. The van der Waals surface area contributed by atoms with Gasteiger partial charge in [0.1, 0.15) is 5.75 Å². The van der Waals surface area contributed by atoms with Crippen molar-refractivity contribution in [2.24, 2.45) is 0 Å². The highest BCUT2D eigenvalue weighted by atomic mass is 32.2. The summed E-state index contributed by atoms with van der Waals surface area (Å²) in [5.74, 6) is 0.384. The zero-order chi connectivity index (χ0) is 22.6. The van der Waals surface area contributed by atoms with E-state index >= 15 is 0 Å². The number of rotatable bonds is 7. The number of ether oxygens (including phenoxy) is 1. The van der Waals surface area contributed by atoms with Crippen LogP contribution in [-0.4, -0.2) is 70.3 Å². The molecule has 166 valence electrons. The van der Waals surface area contributed by atoms with Crippen LogP contribution in [0.15, 0.2) is 53.4 Å². The summed E-state index contributed by atoms with van der Waals surface area (Å²) in [7, 11) is 0.831. The van der Waals surface area contributed by atoms with Gasteiger partial charge in [0.15, 0.2) is 0 Å². The van der Waals surface area contributed by atoms with Crippen molar-refractivity contribution in [3.63, 3.8) is 0 Å². The summed E-state index contributed by atoms with van der Waals surface area (Å²) in [6.45, 7) is 1.08. The summed E-state index contributed by atoms with van der Waals surface area (Å²) < 4.78 is 30.8. The molecule has 0 spiro atoms. The summed E-state index contributed by atoms with van der Waals surface area (Å²) in [6.07, 6.45) is 0.858. The fourth-order valence-corrected chi connectivity index (χ4v) is 4.46. The van der Waals surface area contributed by atoms with Crippen molar-refractivity contribution in [1.29, 1.82) is 0 Å². The average Bonchev–Trinajstić information content (AvgIpc) is 3.27. The van der Waals surface area contributed by atoms with E-state index in [4.69, 9.17) is 4.74 Å². The minimum Gasteiger partial charge on any atom is -0.497 e. The second-order valence-corrected chi connectivity index (χ2v) is 9.75. The third-order valence-corrected chi connectivity index (χ3v) is 7.21. The molecule has 0 radical (unpaired) electrons. The van der Waals surface area contributed by atoms with Crippen molar-refractivity contribution in [3.8, 4) is 5.75 Å². The lowest BCUT2D eigenvalue weighted by Crippen LogP contribution is -2.39. The molecule has 0 aliphatic carbocycles. The Labute approximate surface area is 182 Å². The summed E-state index contributed by atoms with van der Waals surface area (Å²) in [6, 6.07) is 13.6. The highest BCUT2D eigenvalue weighted by molar-refractivity contribution is 7.89. The molecule has 9 heteroatoms. The van der Waals surface area contributed by atoms with Crippen LogP contribution in [0.1, 0.15) is 28.3 Å². The lowest BCUT2D eigenvalue weighted by atomic mass is 9.98. The van der Waals surface area contributed by atoms with E-state index in [1.165, 1.54) is 38.4 Å². The standard InChI is InChI=1S/C22H27N3O5S/c1-24(2)31(28,29)20-6-4-5-17(13-20)22(27)23-14-21(26)25-12-11-18(15-25)16-7-9-19(30-3)10-8-16/h4-10,13,18H,11-12,14-15H2,1-3H3,(H,23,27). The van der Waals surface area contributed by atoms with Gasteiger partial charge in [0.05, 0.1) is 18.6 Å². The number of carbonyl (C=O) groups is 2. The quantitative estimate of drug-likeness (QED) is 0.700. The molecule has 1 heterocycles. The normalized spacial score (nSPS) is 16.4. The van der Waals surface area contributed by atoms with Crippen LogP contribution in [0.3, 0.4) is 0 Å². The largest absolute Gasteiger partial charge is 0.497 e. The summed E-state index contributed by atoms with van der Waals surface area (Å²) >= 11 is 0. The molecule has 2 amide bonds. The third kappa shape index (κ3) is 5.23. The van der Waals surface area contributed by atoms with Crippen LogP contribution in [-0.2, 0) is 14.8 Å². The van der Waals surface area contributed by atoms with Gasteiger partial charge in [0.2, 0.25) is 15.9 Å². The number of hydrogen-bond donors (Lipinski definition) is 1. The Kier molecular flexibility index (Phi) is 6.97. The lowest BCUT2D eigenvalue weighted by molar-refractivity contribution is -0.129. The van der Waals surface area contributed by atoms with Crippen LogP contribution in [0, 0.1) is 0 Å². The molecular weight excluding hydrogens is 418 g/mol. The van der Waals surface area contributed by atoms with Gasteiger partial charge in [-0.1, -0.05) is 18.2 Å². The number of sulfonamides is 1. The van der Waals surface area contributed by atoms with Crippen molar-refractivity contribution in [2.45, 2.75) is 17.2 Å². The first-order valence-electron chi connectivity index (χ1n) is 9.95. The molecule has 0 aromatic heterocycles. The van der Waals surface area contributed by atoms with Gasteiger partial charge in [-0.25, -0.2) is 12.7 Å². The number of likely N-dealkylation sites (tertiary alicyclic amines) is 1. The highest BCUT2D eigenvalue weighted by Gasteiger charge is 2.27. The van der Waals surface area contributed by atoms with Gasteiger partial charge in [-0.3, -0.25) is 9.59 Å². The Morgan fingerprint density at radius 3 is 2.52 bits per heavy atom. The Morgan fingerprint density at radius 1 is 1.16 bits per heavy atom. The summed E-state index contributed by atoms with van der Waals surface area (Å²) in [5.41, 5.74) is 1.34. The van der Waals surface area contributed by atoms with Crippen LogP contribution in [0.5, 0.6) is 5.75 Å². The lowest BCUT2D eigenvalue weighted by Gasteiger charge is -2.17. The van der Waals surface area contributed by atoms with Crippen molar-refractivity contribution < 1.29 is 22.7 Å². The van der Waals surface area contributed by atoms with E-state index in [9.17, 15) is 18.0 Å². The number of methoxy groups -OCH3 is 1. The smallest absolute Gasteiger partial charge is 0.251 e. The highest BCUT2D eigenvalue weighted by Crippen LogP contribution is 2.28. The molecular formula is C22H27N3O5S. The van der Waals surface area contributed by atoms with Gasteiger partial charge < -0.3 is 15.0 Å². The maximum absolute atomic E-state index is 12.6. The molecule has 31 heavy (non-hydrogen) atoms. The summed E-state index contributed by atoms with van der Waals surface area (Å²) in [4.78, 5) is 26.8. The van der Waals surface area contributed by atoms with Crippen LogP contribution in [0.25, 0.3) is 0 Å². The number of hydrogen-bond acceptors (Lipinski definition) is 5. The Hall–Kier alpha value is -2.91. The van der Waals surface area contributed by atoms with E-state index in [1.807, 2.05) is 24.3 Å². The predicted octanol–water partition coefficient (Wildman–Crippen LogP) is 1.69. The molecule has 1 atom stereocenters. The zero-order valence-electron chi connectivity index (χ0n) is 17.9. The van der Waals surface area contributed by atoms with E-state index in [0.717, 1.165) is 22.0 Å². The van der Waals surface area contributed by atoms with Crippen LogP contribution < -0.4 is 10.1 Å². The van der Waals surface area contributed by atoms with Crippen molar-refractivity contribution in [2.75, 3.05) is 40.8 Å². The van der Waals surface area contributed by atoms with Gasteiger partial charge >= 0.3 is 0 Å². The minimum absolute atomic E-state index is 0.0263. The molecule has 1 saturated heterocycles. The molecule has 1 N–H and O–H groups in total. The molecule has 1 fully saturated rings. The van der Waals surface area contributed by atoms with E-state index < -0.39 is 15.9 Å². The molecule has 2 aromatic carbocycles. The third-order valence-electron chi connectivity index (χ3n) is 5.40. The van der Waals surface area contributed by atoms with Crippen molar-refractivity contribution in [3.05, 3.63) is 59.7 Å². The minimum atomic E-state index is -3.64. The summed E-state index contributed by atoms with van der Waals surface area (Å²) in [5, 5.41) is 2.60. The van der Waals surface area contributed by atoms with E-state index in [1.54, 1.807) is 12.0 Å². The number of amides is 2. The molecule has 1 unspecified atom stereocenters. The number of nitrogens with one attached hydrogen (secondary N) is 1. The van der Waals surface area contributed by atoms with Gasteiger partial charge in [-0.05, 0) is 42.3 Å². The Bertz CT molecular complexity index is 1050. The second kappa shape index (κ2) is 9.49. The van der Waals surface area contributed by atoms with E-state index in [-0.39, 0.29) is 28.8 Å². The molecule has 2 aromatic rings. The molecule has 1 aliphatic heterocycles. The molecule has 0 saturated carbocycles. The van der Waals surface area contributed by atoms with Gasteiger partial charge in [-0.15, -0.1) is 0 Å². The average molecular weight is 446 g/mol. The first kappa shape index (κ1) is 22.8. The second-order valence-electron chi connectivity index (χ2n) is 7.60. The SMILES string of the molecule is COc1ccc(C2CCN(C(=O)CNC(=O)c3cccc(S(=O)(=O)N(C)C)c3)C2)cc1. The Morgan fingerprint density at radius 2 is 1.87 bits per heavy atom. The number of benzene rings is 2. The molecule has 3 rings (SSSR count). The van der Waals surface area contributed by atoms with Crippen LogP contribution in [0.4, 0.5) is 0 Å². The molecule has 1 aliphatic rings. The van der Waals surface area contributed by atoms with Crippen molar-refractivity contribution >= 4 is 21.8 Å². The van der Waals surface area contributed by atoms with Gasteiger partial charge in [0, 0.05) is 38.7 Å². The zero-order valence-corrected chi connectivity index (χ0v) is 18.7. The van der Waals surface area contributed by atoms with Crippen molar-refractivity contribution in [1.82, 2.24) is 14.5 Å². The first-order valence-corrected chi connectivity index (χ1v) is 11.4. The topological polar surface area (TPSA) is 96.0 Å². The number of nitrogens with zero attached hydrogens (tertiary/aromatic N) is 2. The monoisotopic (exact) mass is 445 g/mol. The Balaban J connectivity index is 1.57. The van der Waals surface area contributed by atoms with E-state index in [0.29, 0.717) is 13.1 Å². The maximum Gasteiger partial charge on any atom is 0.251 e. The van der Waals surface area contributed by atoms with Crippen LogP contribution >= 0.6 is 0 Å². The fraction of sp³-hybridized carbons (Fsp3) is 0.364. The molecule has 0 bridgehead atoms. The van der Waals surface area contributed by atoms with Gasteiger partial charge in [0.25, 0.3) is 5.91 Å². The maximum atomic E-state index is 12.6. The fourth-order valence-electron chi connectivity index (χ4n) is 3.51.